The Balaban J connectivity index is 1.82. The normalized spacial score (nSPS) is 22.9. The molecule has 1 aliphatic rings. The molecule has 2 N–H and O–H groups in total. The van der Waals surface area contributed by atoms with Crippen molar-refractivity contribution in [1.29, 1.82) is 0 Å². The number of H-pyrrole nitrogens is 1. The first-order valence-corrected chi connectivity index (χ1v) is 8.33. The van der Waals surface area contributed by atoms with Crippen molar-refractivity contribution in [3.05, 3.63) is 34.6 Å². The summed E-state index contributed by atoms with van der Waals surface area (Å²) in [5, 5.41) is 4.76. The maximum Gasteiger partial charge on any atom is 0.260 e. The van der Waals surface area contributed by atoms with Gasteiger partial charge >= 0.3 is 0 Å². The monoisotopic (exact) mass is 289 g/mol. The fourth-order valence-electron chi connectivity index (χ4n) is 2.84. The van der Waals surface area contributed by atoms with Crippen molar-refractivity contribution in [3.8, 4) is 0 Å². The summed E-state index contributed by atoms with van der Waals surface area (Å²) in [6.45, 7) is 0. The van der Waals surface area contributed by atoms with Crippen LogP contribution >= 0.6 is 11.8 Å². The van der Waals surface area contributed by atoms with E-state index in [1.165, 1.54) is 12.8 Å². The summed E-state index contributed by atoms with van der Waals surface area (Å²) in [4.78, 5) is 19.4. The summed E-state index contributed by atoms with van der Waals surface area (Å²) in [7, 11) is 0. The molecular formula is C15H19N3OS. The molecule has 4 nitrogen and oxygen atoms in total. The first kappa shape index (κ1) is 13.5. The molecule has 0 spiro atoms. The van der Waals surface area contributed by atoms with Crippen LogP contribution in [0.3, 0.4) is 0 Å². The average Bonchev–Trinajstić information content (AvgIpc) is 2.47. The van der Waals surface area contributed by atoms with Gasteiger partial charge in [0.25, 0.3) is 5.56 Å². The molecule has 3 rings (SSSR count). The number of nitrogens with zero attached hydrogens (tertiary/aromatic N) is 1. The van der Waals surface area contributed by atoms with E-state index in [9.17, 15) is 4.79 Å². The van der Waals surface area contributed by atoms with E-state index < -0.39 is 0 Å². The van der Waals surface area contributed by atoms with Crippen molar-refractivity contribution in [2.24, 2.45) is 0 Å². The lowest BCUT2D eigenvalue weighted by Crippen LogP contribution is -2.30. The Morgan fingerprint density at radius 3 is 3.05 bits per heavy atom. The Hall–Kier alpha value is -1.49. The number of rotatable bonds is 3. The van der Waals surface area contributed by atoms with E-state index in [1.807, 2.05) is 30.0 Å². The maximum atomic E-state index is 12.0. The number of fused-ring (bicyclic) bond motifs is 1. The minimum absolute atomic E-state index is 0.0738. The van der Waals surface area contributed by atoms with Crippen LogP contribution in [0.2, 0.25) is 0 Å². The van der Waals surface area contributed by atoms with Crippen LogP contribution in [0.4, 0.5) is 5.95 Å². The van der Waals surface area contributed by atoms with Crippen molar-refractivity contribution in [3.63, 3.8) is 0 Å². The number of benzene rings is 1. The molecule has 2 aromatic rings. The van der Waals surface area contributed by atoms with Crippen LogP contribution in [-0.4, -0.2) is 27.5 Å². The number of aromatic amines is 1. The van der Waals surface area contributed by atoms with Gasteiger partial charge in [0.2, 0.25) is 5.95 Å². The van der Waals surface area contributed by atoms with Gasteiger partial charge in [-0.25, -0.2) is 4.98 Å². The van der Waals surface area contributed by atoms with Crippen molar-refractivity contribution in [2.45, 2.75) is 37.0 Å². The second-order valence-electron chi connectivity index (χ2n) is 5.30. The SMILES string of the molecule is CSC1CCCC(Nc2nc3ccccc3c(=O)[nH]2)C1. The Bertz CT molecular complexity index is 655. The number of anilines is 1. The molecule has 2 unspecified atom stereocenters. The maximum absolute atomic E-state index is 12.0. The first-order chi connectivity index (χ1) is 9.76. The van der Waals surface area contributed by atoms with Gasteiger partial charge in [-0.1, -0.05) is 18.6 Å². The van der Waals surface area contributed by atoms with Crippen LogP contribution in [0.15, 0.2) is 29.1 Å². The molecule has 0 saturated heterocycles. The number of thioether (sulfide) groups is 1. The van der Waals surface area contributed by atoms with Gasteiger partial charge in [0.05, 0.1) is 10.9 Å². The molecule has 1 aliphatic carbocycles. The molecule has 5 heteroatoms. The molecular weight excluding hydrogens is 270 g/mol. The largest absolute Gasteiger partial charge is 0.353 e. The summed E-state index contributed by atoms with van der Waals surface area (Å²) in [6.07, 6.45) is 6.98. The van der Waals surface area contributed by atoms with Gasteiger partial charge < -0.3 is 5.32 Å². The molecule has 1 fully saturated rings. The zero-order chi connectivity index (χ0) is 13.9. The van der Waals surface area contributed by atoms with E-state index in [-0.39, 0.29) is 5.56 Å². The fraction of sp³-hybridized carbons (Fsp3) is 0.467. The quantitative estimate of drug-likeness (QED) is 0.912. The molecule has 2 atom stereocenters. The lowest BCUT2D eigenvalue weighted by atomic mass is 9.95. The van der Waals surface area contributed by atoms with Gasteiger partial charge in [-0.05, 0) is 37.7 Å². The molecule has 106 valence electrons. The highest BCUT2D eigenvalue weighted by atomic mass is 32.2. The molecule has 1 saturated carbocycles. The minimum atomic E-state index is -0.0738. The average molecular weight is 289 g/mol. The summed E-state index contributed by atoms with van der Waals surface area (Å²) < 4.78 is 0. The summed E-state index contributed by atoms with van der Waals surface area (Å²) >= 11 is 1.93. The van der Waals surface area contributed by atoms with Crippen molar-refractivity contribution >= 4 is 28.6 Å². The van der Waals surface area contributed by atoms with Crippen LogP contribution < -0.4 is 10.9 Å². The van der Waals surface area contributed by atoms with Crippen LogP contribution in [0.1, 0.15) is 25.7 Å². The van der Waals surface area contributed by atoms with E-state index in [0.717, 1.165) is 18.4 Å². The Morgan fingerprint density at radius 2 is 2.20 bits per heavy atom. The number of nitrogens with one attached hydrogen (secondary N) is 2. The summed E-state index contributed by atoms with van der Waals surface area (Å²) in [5.41, 5.74) is 0.673. The molecule has 0 aliphatic heterocycles. The lowest BCUT2D eigenvalue weighted by molar-refractivity contribution is 0.471. The predicted molar refractivity (Wildman–Crippen MR) is 85.5 cm³/mol. The topological polar surface area (TPSA) is 57.8 Å². The molecule has 1 heterocycles. The van der Waals surface area contributed by atoms with Crippen molar-refractivity contribution in [2.75, 3.05) is 11.6 Å². The van der Waals surface area contributed by atoms with Crippen molar-refractivity contribution in [1.82, 2.24) is 9.97 Å². The molecule has 0 bridgehead atoms. The van der Waals surface area contributed by atoms with Gasteiger partial charge in [-0.2, -0.15) is 11.8 Å². The Kier molecular flexibility index (Phi) is 3.96. The van der Waals surface area contributed by atoms with Gasteiger partial charge in [0, 0.05) is 11.3 Å². The van der Waals surface area contributed by atoms with Crippen molar-refractivity contribution < 1.29 is 0 Å². The molecule has 1 aromatic heterocycles. The first-order valence-electron chi connectivity index (χ1n) is 7.04. The lowest BCUT2D eigenvalue weighted by Gasteiger charge is -2.28. The van der Waals surface area contributed by atoms with Crippen LogP contribution in [0.5, 0.6) is 0 Å². The van der Waals surface area contributed by atoms with E-state index >= 15 is 0 Å². The Morgan fingerprint density at radius 1 is 1.35 bits per heavy atom. The van der Waals surface area contributed by atoms with Gasteiger partial charge in [-0.15, -0.1) is 0 Å². The third-order valence-corrected chi connectivity index (χ3v) is 5.01. The van der Waals surface area contributed by atoms with E-state index in [2.05, 4.69) is 21.5 Å². The fourth-order valence-corrected chi connectivity index (χ4v) is 3.67. The Labute approximate surface area is 122 Å². The molecule has 20 heavy (non-hydrogen) atoms. The summed E-state index contributed by atoms with van der Waals surface area (Å²) in [5.74, 6) is 0.598. The van der Waals surface area contributed by atoms with Crippen LogP contribution in [-0.2, 0) is 0 Å². The second-order valence-corrected chi connectivity index (χ2v) is 6.44. The van der Waals surface area contributed by atoms with Crippen LogP contribution in [0, 0.1) is 0 Å². The third kappa shape index (κ3) is 2.82. The number of hydrogen-bond donors (Lipinski definition) is 2. The predicted octanol–water partition coefficient (Wildman–Crippen LogP) is 3.01. The number of hydrogen-bond acceptors (Lipinski definition) is 4. The second kappa shape index (κ2) is 5.87. The molecule has 0 radical (unpaired) electrons. The zero-order valence-corrected chi connectivity index (χ0v) is 12.4. The van der Waals surface area contributed by atoms with Crippen LogP contribution in [0.25, 0.3) is 10.9 Å². The van der Waals surface area contributed by atoms with E-state index in [0.29, 0.717) is 22.6 Å². The zero-order valence-electron chi connectivity index (χ0n) is 11.6. The highest BCUT2D eigenvalue weighted by Gasteiger charge is 2.21. The molecule has 0 amide bonds. The molecule has 1 aromatic carbocycles. The number of aromatic nitrogens is 2. The third-order valence-electron chi connectivity index (χ3n) is 3.91. The smallest absolute Gasteiger partial charge is 0.260 e. The highest BCUT2D eigenvalue weighted by molar-refractivity contribution is 7.99. The standard InChI is InChI=1S/C15H19N3OS/c1-20-11-6-4-5-10(9-11)16-15-17-13-8-3-2-7-12(13)14(19)18-15/h2-3,7-8,10-11H,4-6,9H2,1H3,(H2,16,17,18,19). The van der Waals surface area contributed by atoms with E-state index in [4.69, 9.17) is 0 Å². The van der Waals surface area contributed by atoms with E-state index in [1.54, 1.807) is 6.07 Å². The van der Waals surface area contributed by atoms with Gasteiger partial charge in [-0.3, -0.25) is 9.78 Å². The minimum Gasteiger partial charge on any atom is -0.353 e. The van der Waals surface area contributed by atoms with Gasteiger partial charge in [0.15, 0.2) is 0 Å². The highest BCUT2D eigenvalue weighted by Crippen LogP contribution is 2.28. The number of para-hydroxylation sites is 1. The summed E-state index contributed by atoms with van der Waals surface area (Å²) in [6, 6.07) is 7.85. The van der Waals surface area contributed by atoms with Gasteiger partial charge in [0.1, 0.15) is 0 Å².